The van der Waals surface area contributed by atoms with Gasteiger partial charge in [0.2, 0.25) is 0 Å². The van der Waals surface area contributed by atoms with E-state index in [1.54, 1.807) is 6.20 Å². The predicted molar refractivity (Wildman–Crippen MR) is 161 cm³/mol. The molecular weight excluding hydrogens is 474 g/mol. The van der Waals surface area contributed by atoms with Crippen molar-refractivity contribution in [2.24, 2.45) is 0 Å². The van der Waals surface area contributed by atoms with Crippen molar-refractivity contribution in [2.75, 3.05) is 0 Å². The van der Waals surface area contributed by atoms with Crippen molar-refractivity contribution in [3.63, 3.8) is 0 Å². The van der Waals surface area contributed by atoms with Crippen LogP contribution in [0.15, 0.2) is 116 Å². The van der Waals surface area contributed by atoms with Gasteiger partial charge in [0.25, 0.3) is 0 Å². The first-order valence-electron chi connectivity index (χ1n) is 13.3. The van der Waals surface area contributed by atoms with E-state index in [1.807, 2.05) is 30.7 Å². The second-order valence-electron chi connectivity index (χ2n) is 11.0. The molecular formula is C36H25N3. The zero-order valence-corrected chi connectivity index (χ0v) is 21.8. The molecule has 0 fully saturated rings. The van der Waals surface area contributed by atoms with Gasteiger partial charge in [-0.3, -0.25) is 15.0 Å². The Morgan fingerprint density at radius 3 is 2.00 bits per heavy atom. The van der Waals surface area contributed by atoms with Crippen molar-refractivity contribution in [3.8, 4) is 33.5 Å². The van der Waals surface area contributed by atoms with Gasteiger partial charge in [0.1, 0.15) is 0 Å². The van der Waals surface area contributed by atoms with Crippen molar-refractivity contribution in [1.29, 1.82) is 0 Å². The Morgan fingerprint density at radius 2 is 1.26 bits per heavy atom. The summed E-state index contributed by atoms with van der Waals surface area (Å²) in [5, 5.41) is 6.43. The van der Waals surface area contributed by atoms with Crippen LogP contribution in [-0.4, -0.2) is 15.0 Å². The molecule has 1 aliphatic rings. The molecule has 3 aromatic heterocycles. The molecule has 3 nitrogen and oxygen atoms in total. The first-order chi connectivity index (χ1) is 19.1. The van der Waals surface area contributed by atoms with Crippen LogP contribution in [0, 0.1) is 0 Å². The smallest absolute Gasteiger partial charge is 0.0708 e. The van der Waals surface area contributed by atoms with Gasteiger partial charge < -0.3 is 0 Å². The van der Waals surface area contributed by atoms with Crippen molar-refractivity contribution in [1.82, 2.24) is 15.0 Å². The van der Waals surface area contributed by atoms with Crippen LogP contribution in [0.2, 0.25) is 0 Å². The average Bonchev–Trinajstić information content (AvgIpc) is 3.23. The molecule has 3 heterocycles. The van der Waals surface area contributed by atoms with Gasteiger partial charge >= 0.3 is 0 Å². The van der Waals surface area contributed by atoms with E-state index in [9.17, 15) is 0 Å². The van der Waals surface area contributed by atoms with Gasteiger partial charge in [-0.2, -0.15) is 0 Å². The monoisotopic (exact) mass is 499 g/mol. The highest BCUT2D eigenvalue weighted by Gasteiger charge is 2.35. The number of nitrogens with zero attached hydrogens (tertiary/aromatic N) is 3. The molecule has 4 aromatic carbocycles. The summed E-state index contributed by atoms with van der Waals surface area (Å²) in [5.41, 5.74) is 10.4. The second kappa shape index (κ2) is 8.05. The zero-order chi connectivity index (χ0) is 26.1. The Morgan fingerprint density at radius 1 is 0.513 bits per heavy atom. The molecule has 0 amide bonds. The summed E-state index contributed by atoms with van der Waals surface area (Å²) >= 11 is 0. The highest BCUT2D eigenvalue weighted by atomic mass is 14.7. The van der Waals surface area contributed by atoms with E-state index in [0.717, 1.165) is 33.3 Å². The van der Waals surface area contributed by atoms with Gasteiger partial charge in [-0.15, -0.1) is 0 Å². The molecule has 184 valence electrons. The van der Waals surface area contributed by atoms with Crippen molar-refractivity contribution >= 4 is 32.4 Å². The van der Waals surface area contributed by atoms with Crippen LogP contribution >= 0.6 is 0 Å². The first-order valence-corrected chi connectivity index (χ1v) is 13.3. The van der Waals surface area contributed by atoms with E-state index in [2.05, 4.69) is 103 Å². The summed E-state index contributed by atoms with van der Waals surface area (Å²) in [4.78, 5) is 13.8. The number of hydrogen-bond donors (Lipinski definition) is 0. The highest BCUT2D eigenvalue weighted by molar-refractivity contribution is 6.16. The number of benzene rings is 4. The normalized spacial score (nSPS) is 13.6. The lowest BCUT2D eigenvalue weighted by atomic mass is 9.80. The van der Waals surface area contributed by atoms with Gasteiger partial charge in [-0.1, -0.05) is 50.2 Å². The summed E-state index contributed by atoms with van der Waals surface area (Å²) in [7, 11) is 0. The third-order valence-corrected chi connectivity index (χ3v) is 8.35. The van der Waals surface area contributed by atoms with E-state index in [-0.39, 0.29) is 5.41 Å². The van der Waals surface area contributed by atoms with Crippen molar-refractivity contribution in [2.45, 2.75) is 19.3 Å². The van der Waals surface area contributed by atoms with E-state index < -0.39 is 0 Å². The quantitative estimate of drug-likeness (QED) is 0.228. The molecule has 0 atom stereocenters. The molecule has 0 unspecified atom stereocenters. The van der Waals surface area contributed by atoms with Gasteiger partial charge in [0.05, 0.1) is 11.2 Å². The minimum Gasteiger partial charge on any atom is -0.264 e. The summed E-state index contributed by atoms with van der Waals surface area (Å²) in [6, 6.07) is 32.8. The molecule has 0 aliphatic heterocycles. The Hall–Kier alpha value is -4.89. The van der Waals surface area contributed by atoms with Gasteiger partial charge in [-0.05, 0) is 98.4 Å². The fourth-order valence-corrected chi connectivity index (χ4v) is 6.30. The number of pyridine rings is 3. The van der Waals surface area contributed by atoms with Crippen LogP contribution in [0.3, 0.4) is 0 Å². The highest BCUT2D eigenvalue weighted by Crippen LogP contribution is 2.51. The average molecular weight is 500 g/mol. The molecule has 0 bridgehead atoms. The van der Waals surface area contributed by atoms with Crippen LogP contribution in [0.25, 0.3) is 66.0 Å². The molecule has 0 saturated heterocycles. The van der Waals surface area contributed by atoms with E-state index >= 15 is 0 Å². The fourth-order valence-electron chi connectivity index (χ4n) is 6.30. The Kier molecular flexibility index (Phi) is 4.57. The molecule has 0 spiro atoms. The SMILES string of the molecule is CC1(C)c2cc(-c3cnc4cc(-c5cccnc5)ccc4c3)cc3ccc4cc(-c5ccccn5)cc1c4c23. The van der Waals surface area contributed by atoms with E-state index in [4.69, 9.17) is 4.98 Å². The third kappa shape index (κ3) is 3.33. The van der Waals surface area contributed by atoms with Crippen LogP contribution in [0.5, 0.6) is 0 Å². The summed E-state index contributed by atoms with van der Waals surface area (Å²) in [6.45, 7) is 4.70. The molecule has 1 aliphatic carbocycles. The maximum atomic E-state index is 4.88. The van der Waals surface area contributed by atoms with Crippen LogP contribution in [0.4, 0.5) is 0 Å². The predicted octanol–water partition coefficient (Wildman–Crippen LogP) is 8.97. The summed E-state index contributed by atoms with van der Waals surface area (Å²) in [6.07, 6.45) is 7.57. The first kappa shape index (κ1) is 22.1. The molecule has 7 aromatic rings. The number of fused-ring (bicyclic) bond motifs is 1. The van der Waals surface area contributed by atoms with Gasteiger partial charge in [0.15, 0.2) is 0 Å². The largest absolute Gasteiger partial charge is 0.264 e. The van der Waals surface area contributed by atoms with Crippen LogP contribution < -0.4 is 0 Å². The minimum absolute atomic E-state index is 0.121. The number of aromatic nitrogens is 3. The molecule has 39 heavy (non-hydrogen) atoms. The number of hydrogen-bond acceptors (Lipinski definition) is 3. The summed E-state index contributed by atoms with van der Waals surface area (Å²) < 4.78 is 0. The molecule has 0 N–H and O–H groups in total. The Bertz CT molecular complexity index is 2080. The zero-order valence-electron chi connectivity index (χ0n) is 21.8. The fraction of sp³-hybridized carbons (Fsp3) is 0.0833. The molecule has 0 radical (unpaired) electrons. The van der Waals surface area contributed by atoms with Gasteiger partial charge in [-0.25, -0.2) is 0 Å². The maximum Gasteiger partial charge on any atom is 0.0708 e. The lowest BCUT2D eigenvalue weighted by Crippen LogP contribution is -2.15. The van der Waals surface area contributed by atoms with Crippen LogP contribution in [-0.2, 0) is 5.41 Å². The number of rotatable bonds is 3. The lowest BCUT2D eigenvalue weighted by Gasteiger charge is -2.23. The van der Waals surface area contributed by atoms with Crippen molar-refractivity contribution < 1.29 is 0 Å². The topological polar surface area (TPSA) is 38.7 Å². The second-order valence-corrected chi connectivity index (χ2v) is 11.0. The molecule has 8 rings (SSSR count). The van der Waals surface area contributed by atoms with Crippen LogP contribution in [0.1, 0.15) is 25.0 Å². The molecule has 0 saturated carbocycles. The standard InChI is InChI=1S/C36H25N3/c1-36(2)30-17-27(29-14-23-9-8-22(19-33(23)39-21-29)26-6-5-12-37-20-26)15-24-10-11-25-16-28(32-7-3-4-13-38-32)18-31(36)35(25)34(24)30/h3-21H,1-2H3. The van der Waals surface area contributed by atoms with E-state index in [1.165, 1.54) is 43.8 Å². The lowest BCUT2D eigenvalue weighted by molar-refractivity contribution is 0.663. The van der Waals surface area contributed by atoms with Crippen molar-refractivity contribution in [3.05, 3.63) is 127 Å². The molecule has 3 heteroatoms. The maximum absolute atomic E-state index is 4.88. The van der Waals surface area contributed by atoms with Gasteiger partial charge in [0, 0.05) is 52.3 Å². The Labute approximate surface area is 226 Å². The van der Waals surface area contributed by atoms with E-state index in [0.29, 0.717) is 0 Å². The summed E-state index contributed by atoms with van der Waals surface area (Å²) in [5.74, 6) is 0. The Balaban J connectivity index is 1.27. The minimum atomic E-state index is -0.121. The third-order valence-electron chi connectivity index (χ3n) is 8.35.